The molecular formula is C19H28N8O. The smallest absolute Gasteiger partial charge is 0.245 e. The van der Waals surface area contributed by atoms with Gasteiger partial charge in [0.15, 0.2) is 0 Å². The number of nitrogens with zero attached hydrogens (tertiary/aromatic N) is 8. The van der Waals surface area contributed by atoms with Crippen LogP contribution in [0.1, 0.15) is 25.2 Å². The predicted molar refractivity (Wildman–Crippen MR) is 108 cm³/mol. The van der Waals surface area contributed by atoms with E-state index in [1.165, 1.54) is 0 Å². The molecule has 0 amide bonds. The summed E-state index contributed by atoms with van der Waals surface area (Å²) in [6.07, 6.45) is 3.42. The molecule has 0 spiro atoms. The Kier molecular flexibility index (Phi) is 5.80. The van der Waals surface area contributed by atoms with E-state index in [0.29, 0.717) is 0 Å². The fourth-order valence-electron chi connectivity index (χ4n) is 3.67. The molecule has 0 radical (unpaired) electrons. The van der Waals surface area contributed by atoms with Gasteiger partial charge in [-0.25, -0.2) is 15.0 Å². The summed E-state index contributed by atoms with van der Waals surface area (Å²) in [5.41, 5.74) is 2.06. The monoisotopic (exact) mass is 384 g/mol. The first kappa shape index (κ1) is 18.8. The number of ether oxygens (including phenoxy) is 1. The first-order valence-electron chi connectivity index (χ1n) is 10.2. The van der Waals surface area contributed by atoms with Gasteiger partial charge in [0.2, 0.25) is 5.95 Å². The maximum atomic E-state index is 5.43. The van der Waals surface area contributed by atoms with Gasteiger partial charge in [-0.1, -0.05) is 13.8 Å². The minimum absolute atomic E-state index is 0.741. The molecule has 4 rings (SSSR count). The molecule has 0 unspecified atom stereocenters. The van der Waals surface area contributed by atoms with Crippen molar-refractivity contribution in [3.8, 4) is 0 Å². The summed E-state index contributed by atoms with van der Waals surface area (Å²) < 4.78 is 5.43. The molecule has 2 saturated heterocycles. The molecule has 0 aliphatic carbocycles. The van der Waals surface area contributed by atoms with Gasteiger partial charge in [-0.3, -0.25) is 0 Å². The molecular weight excluding hydrogens is 356 g/mol. The van der Waals surface area contributed by atoms with E-state index in [1.54, 1.807) is 6.33 Å². The van der Waals surface area contributed by atoms with Gasteiger partial charge in [-0.05, 0) is 12.8 Å². The van der Waals surface area contributed by atoms with E-state index in [9.17, 15) is 0 Å². The number of aryl methyl sites for hydroxylation is 2. The average molecular weight is 384 g/mol. The van der Waals surface area contributed by atoms with Crippen LogP contribution in [0.5, 0.6) is 0 Å². The van der Waals surface area contributed by atoms with Gasteiger partial charge in [-0.2, -0.15) is 5.10 Å². The Balaban J connectivity index is 1.41. The average Bonchev–Trinajstić information content (AvgIpc) is 2.79. The van der Waals surface area contributed by atoms with Crippen LogP contribution in [0.3, 0.4) is 0 Å². The Hall–Kier alpha value is -2.55. The number of anilines is 3. The van der Waals surface area contributed by atoms with Crippen molar-refractivity contribution in [1.82, 2.24) is 25.1 Å². The van der Waals surface area contributed by atoms with Crippen molar-refractivity contribution in [1.29, 1.82) is 0 Å². The highest BCUT2D eigenvalue weighted by Gasteiger charge is 2.22. The fourth-order valence-corrected chi connectivity index (χ4v) is 3.67. The van der Waals surface area contributed by atoms with E-state index >= 15 is 0 Å². The van der Waals surface area contributed by atoms with Gasteiger partial charge >= 0.3 is 0 Å². The van der Waals surface area contributed by atoms with Gasteiger partial charge in [0, 0.05) is 45.3 Å². The zero-order valence-corrected chi connectivity index (χ0v) is 16.7. The summed E-state index contributed by atoms with van der Waals surface area (Å²) in [7, 11) is 0. The largest absolute Gasteiger partial charge is 0.378 e. The van der Waals surface area contributed by atoms with Gasteiger partial charge in [-0.15, -0.1) is 5.10 Å². The molecule has 2 aromatic heterocycles. The molecule has 0 aromatic carbocycles. The first-order chi connectivity index (χ1) is 13.8. The summed E-state index contributed by atoms with van der Waals surface area (Å²) in [5.74, 6) is 2.70. The van der Waals surface area contributed by atoms with Crippen molar-refractivity contribution >= 4 is 17.6 Å². The van der Waals surface area contributed by atoms with Crippen molar-refractivity contribution in [3.63, 3.8) is 0 Å². The normalized spacial score (nSPS) is 17.9. The van der Waals surface area contributed by atoms with Crippen LogP contribution in [0.25, 0.3) is 0 Å². The van der Waals surface area contributed by atoms with Gasteiger partial charge in [0.1, 0.15) is 18.0 Å². The molecule has 9 nitrogen and oxygen atoms in total. The van der Waals surface area contributed by atoms with Crippen molar-refractivity contribution in [2.45, 2.75) is 26.7 Å². The third kappa shape index (κ3) is 3.99. The summed E-state index contributed by atoms with van der Waals surface area (Å²) in [6.45, 7) is 10.9. The number of hydrogen-bond acceptors (Lipinski definition) is 9. The Labute approximate surface area is 165 Å². The lowest BCUT2D eigenvalue weighted by Gasteiger charge is -2.35. The van der Waals surface area contributed by atoms with Crippen molar-refractivity contribution in [3.05, 3.63) is 23.8 Å². The Morgan fingerprint density at radius 3 is 2.04 bits per heavy atom. The summed E-state index contributed by atoms with van der Waals surface area (Å²) in [6, 6.07) is 2.09. The first-order valence-corrected chi connectivity index (χ1v) is 10.2. The molecule has 0 saturated carbocycles. The minimum Gasteiger partial charge on any atom is -0.378 e. The maximum Gasteiger partial charge on any atom is 0.245 e. The van der Waals surface area contributed by atoms with Crippen LogP contribution in [0.4, 0.5) is 17.6 Å². The zero-order chi connectivity index (χ0) is 19.3. The standard InChI is InChI=1S/C19H28N8O/c1-3-15-16(4-2)23-24-19(22-15)27-7-5-25(6-8-27)17-13-18(21-14-20-17)26-9-11-28-12-10-26/h13-14H,3-12H2,1-2H3. The lowest BCUT2D eigenvalue weighted by atomic mass is 10.2. The third-order valence-electron chi connectivity index (χ3n) is 5.36. The summed E-state index contributed by atoms with van der Waals surface area (Å²) in [5, 5.41) is 8.74. The second-order valence-corrected chi connectivity index (χ2v) is 7.02. The number of aromatic nitrogens is 5. The van der Waals surface area contributed by atoms with Crippen LogP contribution < -0.4 is 14.7 Å². The van der Waals surface area contributed by atoms with Gasteiger partial charge < -0.3 is 19.4 Å². The van der Waals surface area contributed by atoms with Crippen LogP contribution in [0.15, 0.2) is 12.4 Å². The lowest BCUT2D eigenvalue weighted by molar-refractivity contribution is 0.122. The Morgan fingerprint density at radius 1 is 0.786 bits per heavy atom. The van der Waals surface area contributed by atoms with Crippen LogP contribution in [0, 0.1) is 0 Å². The molecule has 2 aliphatic heterocycles. The molecule has 0 bridgehead atoms. The molecule has 9 heteroatoms. The highest BCUT2D eigenvalue weighted by atomic mass is 16.5. The van der Waals surface area contributed by atoms with E-state index in [-0.39, 0.29) is 0 Å². The van der Waals surface area contributed by atoms with Crippen LogP contribution in [-0.2, 0) is 17.6 Å². The topological polar surface area (TPSA) is 83.4 Å². The molecule has 0 atom stereocenters. The lowest BCUT2D eigenvalue weighted by Crippen LogP contribution is -2.47. The molecule has 150 valence electrons. The van der Waals surface area contributed by atoms with E-state index < -0.39 is 0 Å². The van der Waals surface area contributed by atoms with E-state index in [1.807, 2.05) is 0 Å². The summed E-state index contributed by atoms with van der Waals surface area (Å²) >= 11 is 0. The predicted octanol–water partition coefficient (Wildman–Crippen LogP) is 0.950. The Morgan fingerprint density at radius 2 is 1.39 bits per heavy atom. The molecule has 4 heterocycles. The van der Waals surface area contributed by atoms with E-state index in [4.69, 9.17) is 9.72 Å². The zero-order valence-electron chi connectivity index (χ0n) is 16.7. The SMILES string of the molecule is CCc1nnc(N2CCN(c3cc(N4CCOCC4)ncn3)CC2)nc1CC. The Bertz CT molecular complexity index is 787. The van der Waals surface area contributed by atoms with Gasteiger partial charge in [0.05, 0.1) is 24.6 Å². The van der Waals surface area contributed by atoms with E-state index in [2.05, 4.69) is 54.8 Å². The van der Waals surface area contributed by atoms with Crippen molar-refractivity contribution in [2.75, 3.05) is 67.2 Å². The number of piperazine rings is 1. The number of morpholine rings is 1. The number of rotatable bonds is 5. The van der Waals surface area contributed by atoms with Crippen molar-refractivity contribution in [2.24, 2.45) is 0 Å². The summed E-state index contributed by atoms with van der Waals surface area (Å²) in [4.78, 5) is 20.5. The second-order valence-electron chi connectivity index (χ2n) is 7.02. The molecule has 2 aliphatic rings. The minimum atomic E-state index is 0.741. The highest BCUT2D eigenvalue weighted by molar-refractivity contribution is 5.51. The quantitative estimate of drug-likeness (QED) is 0.748. The number of hydrogen-bond donors (Lipinski definition) is 0. The highest BCUT2D eigenvalue weighted by Crippen LogP contribution is 2.21. The van der Waals surface area contributed by atoms with E-state index in [0.717, 1.165) is 94.3 Å². The van der Waals surface area contributed by atoms with Crippen LogP contribution >= 0.6 is 0 Å². The van der Waals surface area contributed by atoms with Crippen LogP contribution in [-0.4, -0.2) is 77.6 Å². The molecule has 0 N–H and O–H groups in total. The van der Waals surface area contributed by atoms with Crippen LogP contribution in [0.2, 0.25) is 0 Å². The van der Waals surface area contributed by atoms with Gasteiger partial charge in [0.25, 0.3) is 0 Å². The molecule has 2 aromatic rings. The molecule has 2 fully saturated rings. The fraction of sp³-hybridized carbons (Fsp3) is 0.632. The maximum absolute atomic E-state index is 5.43. The molecule has 28 heavy (non-hydrogen) atoms. The van der Waals surface area contributed by atoms with Crippen molar-refractivity contribution < 1.29 is 4.74 Å². The second kappa shape index (κ2) is 8.64. The third-order valence-corrected chi connectivity index (χ3v) is 5.36.